The van der Waals surface area contributed by atoms with Crippen molar-refractivity contribution in [1.82, 2.24) is 4.98 Å². The highest BCUT2D eigenvalue weighted by molar-refractivity contribution is 7.15. The van der Waals surface area contributed by atoms with Crippen LogP contribution in [0.4, 0.5) is 5.13 Å². The average molecular weight is 269 g/mol. The normalized spacial score (nSPS) is 10.5. The monoisotopic (exact) mass is 268 g/mol. The van der Waals surface area contributed by atoms with E-state index in [0.29, 0.717) is 11.7 Å². The maximum Gasteiger partial charge on any atom is 0.180 e. The first-order valence-electron chi connectivity index (χ1n) is 5.30. The first-order chi connectivity index (χ1) is 8.19. The number of nitrogen functional groups attached to an aromatic ring is 1. The lowest BCUT2D eigenvalue weighted by Crippen LogP contribution is -1.94. The van der Waals surface area contributed by atoms with Crippen molar-refractivity contribution in [2.24, 2.45) is 0 Å². The van der Waals surface area contributed by atoms with Crippen LogP contribution in [0.15, 0.2) is 24.4 Å². The third-order valence-corrected chi connectivity index (χ3v) is 3.52. The van der Waals surface area contributed by atoms with Crippen molar-refractivity contribution in [3.05, 3.63) is 39.9 Å². The van der Waals surface area contributed by atoms with Gasteiger partial charge >= 0.3 is 0 Å². The van der Waals surface area contributed by atoms with E-state index in [1.54, 1.807) is 6.20 Å². The molecule has 0 saturated carbocycles. The van der Waals surface area contributed by atoms with Crippen LogP contribution in [-0.4, -0.2) is 4.98 Å². The highest BCUT2D eigenvalue weighted by Gasteiger charge is 2.03. The Labute approximate surface area is 109 Å². The van der Waals surface area contributed by atoms with Crippen LogP contribution in [0.1, 0.15) is 17.4 Å². The van der Waals surface area contributed by atoms with Crippen LogP contribution in [0, 0.1) is 0 Å². The lowest BCUT2D eigenvalue weighted by atomic mass is 10.1. The molecule has 90 valence electrons. The molecule has 0 amide bonds. The zero-order valence-corrected chi connectivity index (χ0v) is 11.0. The first kappa shape index (κ1) is 12.2. The standard InChI is InChI=1S/C12H13ClN2OS/c1-2-8-5-9(3-4-11(8)13)16-7-10-6-15-12(14)17-10/h3-6H,2,7H2,1H3,(H2,14,15). The van der Waals surface area contributed by atoms with Gasteiger partial charge in [-0.05, 0) is 30.2 Å². The van der Waals surface area contributed by atoms with Crippen molar-refractivity contribution in [3.8, 4) is 5.75 Å². The number of ether oxygens (including phenoxy) is 1. The summed E-state index contributed by atoms with van der Waals surface area (Å²) in [5.74, 6) is 0.818. The molecule has 1 heterocycles. The summed E-state index contributed by atoms with van der Waals surface area (Å²) in [7, 11) is 0. The fourth-order valence-corrected chi connectivity index (χ4v) is 2.30. The van der Waals surface area contributed by atoms with Crippen molar-refractivity contribution in [3.63, 3.8) is 0 Å². The summed E-state index contributed by atoms with van der Waals surface area (Å²) in [6, 6.07) is 5.69. The topological polar surface area (TPSA) is 48.1 Å². The number of anilines is 1. The molecule has 0 aliphatic carbocycles. The Hall–Kier alpha value is -1.26. The quantitative estimate of drug-likeness (QED) is 0.923. The van der Waals surface area contributed by atoms with Crippen LogP contribution in [0.2, 0.25) is 5.02 Å². The van der Waals surface area contributed by atoms with E-state index < -0.39 is 0 Å². The lowest BCUT2D eigenvalue weighted by molar-refractivity contribution is 0.309. The number of aryl methyl sites for hydroxylation is 1. The maximum absolute atomic E-state index is 6.04. The number of aromatic nitrogens is 1. The fourth-order valence-electron chi connectivity index (χ4n) is 1.46. The van der Waals surface area contributed by atoms with Gasteiger partial charge in [0.15, 0.2) is 5.13 Å². The highest BCUT2D eigenvalue weighted by Crippen LogP contribution is 2.24. The second-order valence-electron chi connectivity index (χ2n) is 3.56. The summed E-state index contributed by atoms with van der Waals surface area (Å²) in [4.78, 5) is 4.98. The largest absolute Gasteiger partial charge is 0.488 e. The summed E-state index contributed by atoms with van der Waals surface area (Å²) >= 11 is 7.47. The number of halogens is 1. The number of nitrogens with zero attached hydrogens (tertiary/aromatic N) is 1. The Morgan fingerprint density at radius 3 is 2.94 bits per heavy atom. The van der Waals surface area contributed by atoms with Crippen molar-refractivity contribution in [2.75, 3.05) is 5.73 Å². The predicted octanol–water partition coefficient (Wildman–Crippen LogP) is 3.52. The number of hydrogen-bond donors (Lipinski definition) is 1. The molecule has 1 aromatic carbocycles. The molecule has 0 atom stereocenters. The van der Waals surface area contributed by atoms with E-state index in [1.807, 2.05) is 18.2 Å². The van der Waals surface area contributed by atoms with Gasteiger partial charge < -0.3 is 10.5 Å². The molecule has 0 fully saturated rings. The van der Waals surface area contributed by atoms with Crippen molar-refractivity contribution in [2.45, 2.75) is 20.0 Å². The molecule has 2 N–H and O–H groups in total. The molecular weight excluding hydrogens is 256 g/mol. The first-order valence-corrected chi connectivity index (χ1v) is 6.50. The van der Waals surface area contributed by atoms with Crippen LogP contribution in [0.5, 0.6) is 5.75 Å². The van der Waals surface area contributed by atoms with Crippen LogP contribution in [-0.2, 0) is 13.0 Å². The Kier molecular flexibility index (Phi) is 3.86. The van der Waals surface area contributed by atoms with E-state index in [2.05, 4.69) is 11.9 Å². The number of benzene rings is 1. The maximum atomic E-state index is 6.04. The molecule has 3 nitrogen and oxygen atoms in total. The Bertz CT molecular complexity index is 513. The SMILES string of the molecule is CCc1cc(OCc2cnc(N)s2)ccc1Cl. The second-order valence-corrected chi connectivity index (χ2v) is 5.11. The van der Waals surface area contributed by atoms with Gasteiger partial charge in [0.05, 0.1) is 4.88 Å². The van der Waals surface area contributed by atoms with Gasteiger partial charge in [-0.1, -0.05) is 29.9 Å². The molecule has 5 heteroatoms. The molecular formula is C12H13ClN2OS. The Balaban J connectivity index is 2.04. The van der Waals surface area contributed by atoms with Crippen molar-refractivity contribution in [1.29, 1.82) is 0 Å². The van der Waals surface area contributed by atoms with Crippen LogP contribution < -0.4 is 10.5 Å². The minimum Gasteiger partial charge on any atom is -0.488 e. The second kappa shape index (κ2) is 5.38. The number of thiazole rings is 1. The zero-order chi connectivity index (χ0) is 12.3. The number of nitrogens with two attached hydrogens (primary N) is 1. The van der Waals surface area contributed by atoms with Gasteiger partial charge in [0, 0.05) is 11.2 Å². The molecule has 0 bridgehead atoms. The summed E-state index contributed by atoms with van der Waals surface area (Å²) < 4.78 is 5.66. The summed E-state index contributed by atoms with van der Waals surface area (Å²) in [6.07, 6.45) is 2.63. The summed E-state index contributed by atoms with van der Waals surface area (Å²) in [5.41, 5.74) is 6.64. The van der Waals surface area contributed by atoms with Crippen molar-refractivity contribution < 1.29 is 4.74 Å². The number of hydrogen-bond acceptors (Lipinski definition) is 4. The van der Waals surface area contributed by atoms with Gasteiger partial charge in [-0.25, -0.2) is 4.98 Å². The molecule has 0 aliphatic heterocycles. The third-order valence-electron chi connectivity index (χ3n) is 2.35. The van der Waals surface area contributed by atoms with Gasteiger partial charge in [0.2, 0.25) is 0 Å². The van der Waals surface area contributed by atoms with E-state index in [4.69, 9.17) is 22.1 Å². The predicted molar refractivity (Wildman–Crippen MR) is 71.7 cm³/mol. The molecule has 2 rings (SSSR count). The van der Waals surface area contributed by atoms with Gasteiger partial charge in [0.25, 0.3) is 0 Å². The smallest absolute Gasteiger partial charge is 0.180 e. The van der Waals surface area contributed by atoms with E-state index in [0.717, 1.165) is 27.6 Å². The van der Waals surface area contributed by atoms with Gasteiger partial charge in [-0.15, -0.1) is 0 Å². The molecule has 1 aromatic heterocycles. The minimum absolute atomic E-state index is 0.486. The lowest BCUT2D eigenvalue weighted by Gasteiger charge is -2.07. The minimum atomic E-state index is 0.486. The average Bonchev–Trinajstić information content (AvgIpc) is 2.74. The molecule has 2 aromatic rings. The molecule has 0 spiro atoms. The van der Waals surface area contributed by atoms with E-state index >= 15 is 0 Å². The summed E-state index contributed by atoms with van der Waals surface area (Å²) in [6.45, 7) is 2.55. The third kappa shape index (κ3) is 3.11. The van der Waals surface area contributed by atoms with E-state index in [-0.39, 0.29) is 0 Å². The van der Waals surface area contributed by atoms with Gasteiger partial charge in [-0.3, -0.25) is 0 Å². The van der Waals surface area contributed by atoms with Crippen LogP contribution in [0.3, 0.4) is 0 Å². The van der Waals surface area contributed by atoms with Gasteiger partial charge in [-0.2, -0.15) is 0 Å². The zero-order valence-electron chi connectivity index (χ0n) is 9.44. The fraction of sp³-hybridized carbons (Fsp3) is 0.250. The Morgan fingerprint density at radius 2 is 2.29 bits per heavy atom. The highest BCUT2D eigenvalue weighted by atomic mass is 35.5. The molecule has 0 aliphatic rings. The van der Waals surface area contributed by atoms with Gasteiger partial charge in [0.1, 0.15) is 12.4 Å². The van der Waals surface area contributed by atoms with Crippen LogP contribution >= 0.6 is 22.9 Å². The summed E-state index contributed by atoms with van der Waals surface area (Å²) in [5, 5.41) is 1.34. The van der Waals surface area contributed by atoms with Crippen LogP contribution in [0.25, 0.3) is 0 Å². The number of rotatable bonds is 4. The molecule has 17 heavy (non-hydrogen) atoms. The van der Waals surface area contributed by atoms with E-state index in [9.17, 15) is 0 Å². The molecule has 0 radical (unpaired) electrons. The Morgan fingerprint density at radius 1 is 1.47 bits per heavy atom. The molecule has 0 unspecified atom stereocenters. The van der Waals surface area contributed by atoms with Crippen molar-refractivity contribution >= 4 is 28.1 Å². The molecule has 0 saturated heterocycles. The van der Waals surface area contributed by atoms with E-state index in [1.165, 1.54) is 11.3 Å².